The van der Waals surface area contributed by atoms with Gasteiger partial charge in [0.2, 0.25) is 12.6 Å². The van der Waals surface area contributed by atoms with Crippen molar-refractivity contribution in [2.45, 2.75) is 38.8 Å². The molecule has 2 aliphatic rings. The largest absolute Gasteiger partial charge is 0.480 e. The number of benzene rings is 1. The van der Waals surface area contributed by atoms with E-state index in [0.717, 1.165) is 10.5 Å². The van der Waals surface area contributed by atoms with Crippen LogP contribution < -0.4 is 14.8 Å². The number of carbonyl (C=O) groups is 4. The monoisotopic (exact) mass is 450 g/mol. The number of carbonyl (C=O) groups excluding carboxylic acids is 3. The standard InChI is InChI=1S/C21H26N2O9/c1-21(2,17(25)18(26)23-9-13(24)8-14(23)19(27)28)10-30-20(29)22-6-5-12-3-4-15-16(7-12)32-11-31-15/h3-4,7,13-14,24H,5-6,8-11H2,1-2H3,(H,22,29)(H,27,28)/t13-,14+/m1/s1. The molecule has 32 heavy (non-hydrogen) atoms. The van der Waals surface area contributed by atoms with Gasteiger partial charge in [-0.25, -0.2) is 9.59 Å². The molecule has 0 unspecified atom stereocenters. The third-order valence-electron chi connectivity index (χ3n) is 5.32. The topological polar surface area (TPSA) is 152 Å². The van der Waals surface area contributed by atoms with Crippen molar-refractivity contribution in [2.24, 2.45) is 5.41 Å². The minimum atomic E-state index is -1.37. The van der Waals surface area contributed by atoms with Crippen LogP contribution in [0.4, 0.5) is 4.79 Å². The lowest BCUT2D eigenvalue weighted by Crippen LogP contribution is -2.49. The summed E-state index contributed by atoms with van der Waals surface area (Å²) in [5.74, 6) is -1.90. The van der Waals surface area contributed by atoms with Gasteiger partial charge in [0.25, 0.3) is 5.91 Å². The Hall–Kier alpha value is -3.34. The van der Waals surface area contributed by atoms with Crippen molar-refractivity contribution in [3.8, 4) is 11.5 Å². The summed E-state index contributed by atoms with van der Waals surface area (Å²) in [7, 11) is 0. The van der Waals surface area contributed by atoms with E-state index < -0.39 is 41.3 Å². The van der Waals surface area contributed by atoms with Gasteiger partial charge in [-0.15, -0.1) is 0 Å². The Balaban J connectivity index is 1.46. The summed E-state index contributed by atoms with van der Waals surface area (Å²) in [5.41, 5.74) is -0.445. The molecule has 3 rings (SSSR count). The lowest BCUT2D eigenvalue weighted by atomic mass is 9.88. The van der Waals surface area contributed by atoms with Crippen molar-refractivity contribution in [1.82, 2.24) is 10.2 Å². The Kier molecular flexibility index (Phi) is 6.87. The quantitative estimate of drug-likeness (QED) is 0.476. The highest BCUT2D eigenvalue weighted by molar-refractivity contribution is 6.38. The maximum Gasteiger partial charge on any atom is 0.407 e. The van der Waals surface area contributed by atoms with Gasteiger partial charge in [0.05, 0.1) is 11.5 Å². The van der Waals surface area contributed by atoms with Crippen molar-refractivity contribution in [3.05, 3.63) is 23.8 Å². The lowest BCUT2D eigenvalue weighted by Gasteiger charge is -2.26. The average molecular weight is 450 g/mol. The summed E-state index contributed by atoms with van der Waals surface area (Å²) in [5, 5.41) is 21.5. The maximum absolute atomic E-state index is 12.6. The summed E-state index contributed by atoms with van der Waals surface area (Å²) in [6.07, 6.45) is -1.39. The number of carboxylic acid groups (broad SMARTS) is 1. The second-order valence-electron chi connectivity index (χ2n) is 8.35. The first-order chi connectivity index (χ1) is 15.1. The number of nitrogens with one attached hydrogen (secondary N) is 1. The molecule has 2 amide bonds. The fourth-order valence-corrected chi connectivity index (χ4v) is 3.46. The number of alkyl carbamates (subject to hydrolysis) is 1. The first kappa shape index (κ1) is 23.3. The molecule has 1 aromatic rings. The number of hydrogen-bond acceptors (Lipinski definition) is 8. The van der Waals surface area contributed by atoms with E-state index in [1.807, 2.05) is 12.1 Å². The summed E-state index contributed by atoms with van der Waals surface area (Å²) in [4.78, 5) is 49.3. The number of aliphatic hydroxyl groups excluding tert-OH is 1. The van der Waals surface area contributed by atoms with E-state index in [4.69, 9.17) is 14.2 Å². The van der Waals surface area contributed by atoms with Crippen molar-refractivity contribution in [1.29, 1.82) is 0 Å². The number of ether oxygens (including phenoxy) is 3. The molecule has 1 saturated heterocycles. The molecular formula is C21H26N2O9. The molecule has 0 spiro atoms. The Labute approximate surface area is 184 Å². The van der Waals surface area contributed by atoms with E-state index in [-0.39, 0.29) is 32.9 Å². The number of ketones is 1. The molecule has 1 fully saturated rings. The van der Waals surface area contributed by atoms with Crippen molar-refractivity contribution in [2.75, 3.05) is 26.5 Å². The molecule has 2 aliphatic heterocycles. The van der Waals surface area contributed by atoms with E-state index in [1.54, 1.807) is 6.07 Å². The summed E-state index contributed by atoms with van der Waals surface area (Å²) in [6, 6.07) is 4.20. The third kappa shape index (κ3) is 5.28. The predicted molar refractivity (Wildman–Crippen MR) is 108 cm³/mol. The molecule has 2 atom stereocenters. The van der Waals surface area contributed by atoms with Crippen LogP contribution in [-0.2, 0) is 25.5 Å². The molecule has 11 nitrogen and oxygen atoms in total. The second-order valence-corrected chi connectivity index (χ2v) is 8.35. The van der Waals surface area contributed by atoms with Gasteiger partial charge in [-0.3, -0.25) is 9.59 Å². The summed E-state index contributed by atoms with van der Waals surface area (Å²) < 4.78 is 15.6. The Morgan fingerprint density at radius 1 is 1.22 bits per heavy atom. The van der Waals surface area contributed by atoms with Crippen LogP contribution in [0, 0.1) is 5.41 Å². The van der Waals surface area contributed by atoms with Crippen molar-refractivity contribution >= 4 is 23.8 Å². The first-order valence-corrected chi connectivity index (χ1v) is 10.1. The zero-order valence-corrected chi connectivity index (χ0v) is 17.8. The van der Waals surface area contributed by atoms with E-state index in [9.17, 15) is 29.4 Å². The fourth-order valence-electron chi connectivity index (χ4n) is 3.46. The van der Waals surface area contributed by atoms with E-state index in [2.05, 4.69) is 5.32 Å². The highest BCUT2D eigenvalue weighted by Gasteiger charge is 2.45. The van der Waals surface area contributed by atoms with Crippen LogP contribution >= 0.6 is 0 Å². The first-order valence-electron chi connectivity index (χ1n) is 10.1. The molecule has 11 heteroatoms. The van der Waals surface area contributed by atoms with Crippen LogP contribution in [0.2, 0.25) is 0 Å². The number of nitrogens with zero attached hydrogens (tertiary/aromatic N) is 1. The fraction of sp³-hybridized carbons (Fsp3) is 0.524. The van der Waals surface area contributed by atoms with Crippen LogP contribution in [0.1, 0.15) is 25.8 Å². The lowest BCUT2D eigenvalue weighted by molar-refractivity contribution is -0.155. The number of Topliss-reactive ketones (excluding diaryl/α,β-unsaturated/α-hetero) is 1. The molecule has 0 aromatic heterocycles. The van der Waals surface area contributed by atoms with Gasteiger partial charge in [-0.2, -0.15) is 0 Å². The SMILES string of the molecule is CC(C)(COC(=O)NCCc1ccc2c(c1)OCO2)C(=O)C(=O)N1C[C@H](O)C[C@H]1C(=O)O. The Morgan fingerprint density at radius 2 is 1.94 bits per heavy atom. The highest BCUT2D eigenvalue weighted by Crippen LogP contribution is 2.32. The minimum Gasteiger partial charge on any atom is -0.480 e. The van der Waals surface area contributed by atoms with E-state index >= 15 is 0 Å². The molecule has 0 radical (unpaired) electrons. The van der Waals surface area contributed by atoms with E-state index in [0.29, 0.717) is 17.9 Å². The smallest absolute Gasteiger partial charge is 0.407 e. The highest BCUT2D eigenvalue weighted by atomic mass is 16.7. The third-order valence-corrected chi connectivity index (χ3v) is 5.32. The molecule has 2 heterocycles. The number of β-amino-alcohol motifs (C(OH)–C–C–N with tert-alkyl or cyclic N) is 1. The van der Waals surface area contributed by atoms with Crippen LogP contribution in [0.3, 0.4) is 0 Å². The minimum absolute atomic E-state index is 0.142. The van der Waals surface area contributed by atoms with Gasteiger partial charge in [0.15, 0.2) is 11.5 Å². The molecule has 0 saturated carbocycles. The molecule has 0 aliphatic carbocycles. The number of amides is 2. The molecule has 0 bridgehead atoms. The van der Waals surface area contributed by atoms with Crippen LogP contribution in [0.25, 0.3) is 0 Å². The Morgan fingerprint density at radius 3 is 2.66 bits per heavy atom. The van der Waals surface area contributed by atoms with Gasteiger partial charge in [-0.05, 0) is 38.0 Å². The second kappa shape index (κ2) is 9.43. The van der Waals surface area contributed by atoms with E-state index in [1.165, 1.54) is 13.8 Å². The summed E-state index contributed by atoms with van der Waals surface area (Å²) >= 11 is 0. The predicted octanol–water partition coefficient (Wildman–Crippen LogP) is 0.326. The van der Waals surface area contributed by atoms with Gasteiger partial charge in [0, 0.05) is 19.5 Å². The molecule has 174 valence electrons. The van der Waals surface area contributed by atoms with Gasteiger partial charge in [-0.1, -0.05) is 6.07 Å². The molecule has 3 N–H and O–H groups in total. The zero-order chi connectivity index (χ0) is 23.5. The zero-order valence-electron chi connectivity index (χ0n) is 17.8. The van der Waals surface area contributed by atoms with Gasteiger partial charge in [0.1, 0.15) is 12.6 Å². The molecular weight excluding hydrogens is 424 g/mol. The number of rotatable bonds is 8. The normalized spacial score (nSPS) is 19.5. The van der Waals surface area contributed by atoms with Crippen LogP contribution in [0.15, 0.2) is 18.2 Å². The van der Waals surface area contributed by atoms with Gasteiger partial charge < -0.3 is 34.6 Å². The average Bonchev–Trinajstić information content (AvgIpc) is 3.37. The maximum atomic E-state index is 12.6. The number of aliphatic carboxylic acids is 1. The van der Waals surface area contributed by atoms with Crippen LogP contribution in [0.5, 0.6) is 11.5 Å². The molecule has 1 aromatic carbocycles. The van der Waals surface area contributed by atoms with Crippen molar-refractivity contribution < 1.29 is 43.6 Å². The van der Waals surface area contributed by atoms with Crippen LogP contribution in [-0.4, -0.2) is 77.5 Å². The number of hydrogen-bond donors (Lipinski definition) is 3. The van der Waals surface area contributed by atoms with Gasteiger partial charge >= 0.3 is 12.1 Å². The number of fused-ring (bicyclic) bond motifs is 1. The Bertz CT molecular complexity index is 915. The number of carboxylic acids is 1. The number of likely N-dealkylation sites (tertiary alicyclic amines) is 1. The van der Waals surface area contributed by atoms with Crippen molar-refractivity contribution in [3.63, 3.8) is 0 Å². The number of aliphatic hydroxyl groups is 1. The summed E-state index contributed by atoms with van der Waals surface area (Å²) in [6.45, 7) is 2.69.